The molecule has 0 aliphatic carbocycles. The Labute approximate surface area is 121 Å². The third-order valence-electron chi connectivity index (χ3n) is 4.64. The molecule has 3 nitrogen and oxygen atoms in total. The van der Waals surface area contributed by atoms with Gasteiger partial charge in [0, 0.05) is 12.0 Å². The van der Waals surface area contributed by atoms with Crippen LogP contribution in [0.25, 0.3) is 0 Å². The van der Waals surface area contributed by atoms with Gasteiger partial charge in [-0.1, -0.05) is 19.9 Å². The predicted molar refractivity (Wildman–Crippen MR) is 81.6 cm³/mol. The Morgan fingerprint density at radius 2 is 2.05 bits per heavy atom. The summed E-state index contributed by atoms with van der Waals surface area (Å²) in [5.41, 5.74) is 2.60. The molecule has 110 valence electrons. The van der Waals surface area contributed by atoms with E-state index in [1.165, 1.54) is 0 Å². The van der Waals surface area contributed by atoms with E-state index in [1.807, 2.05) is 19.9 Å². The third kappa shape index (κ3) is 2.35. The number of methoxy groups -OCH3 is 1. The van der Waals surface area contributed by atoms with Crippen LogP contribution in [0.5, 0.6) is 5.75 Å². The summed E-state index contributed by atoms with van der Waals surface area (Å²) in [6.07, 6.45) is 0.903. The van der Waals surface area contributed by atoms with E-state index in [-0.39, 0.29) is 11.2 Å². The molecule has 1 fully saturated rings. The van der Waals surface area contributed by atoms with Crippen LogP contribution in [0.15, 0.2) is 12.1 Å². The van der Waals surface area contributed by atoms with Gasteiger partial charge in [-0.25, -0.2) is 0 Å². The van der Waals surface area contributed by atoms with Crippen molar-refractivity contribution in [1.29, 1.82) is 0 Å². The van der Waals surface area contributed by atoms with Crippen LogP contribution in [-0.2, 0) is 0 Å². The smallest absolute Gasteiger partial charge is 0.174 e. The van der Waals surface area contributed by atoms with E-state index < -0.39 is 0 Å². The van der Waals surface area contributed by atoms with E-state index in [2.05, 4.69) is 25.2 Å². The summed E-state index contributed by atoms with van der Waals surface area (Å²) >= 11 is 0. The predicted octanol–water partition coefficient (Wildman–Crippen LogP) is 3.13. The van der Waals surface area contributed by atoms with Gasteiger partial charge in [0.1, 0.15) is 5.75 Å². The highest BCUT2D eigenvalue weighted by Gasteiger charge is 2.45. The average Bonchev–Trinajstić information content (AvgIpc) is 2.87. The zero-order valence-corrected chi connectivity index (χ0v) is 13.2. The zero-order valence-electron chi connectivity index (χ0n) is 13.2. The van der Waals surface area contributed by atoms with Crippen molar-refractivity contribution < 1.29 is 9.53 Å². The summed E-state index contributed by atoms with van der Waals surface area (Å²) in [6, 6.07) is 4.02. The van der Waals surface area contributed by atoms with Crippen molar-refractivity contribution in [2.75, 3.05) is 20.2 Å². The SMILES string of the molecule is COc1cc(C)cc(C)c1C(=O)C1(C(C)C)CCNC1. The number of aryl methyl sites for hydroxylation is 2. The van der Waals surface area contributed by atoms with Gasteiger partial charge in [-0.2, -0.15) is 0 Å². The van der Waals surface area contributed by atoms with Crippen molar-refractivity contribution in [3.05, 3.63) is 28.8 Å². The summed E-state index contributed by atoms with van der Waals surface area (Å²) in [4.78, 5) is 13.2. The zero-order chi connectivity index (χ0) is 14.9. The minimum atomic E-state index is -0.298. The maximum absolute atomic E-state index is 13.2. The Kier molecular flexibility index (Phi) is 4.19. The van der Waals surface area contributed by atoms with Gasteiger partial charge in [0.05, 0.1) is 12.7 Å². The number of carbonyl (C=O) groups is 1. The Balaban J connectivity index is 2.53. The lowest BCUT2D eigenvalue weighted by atomic mass is 9.70. The standard InChI is InChI=1S/C17H25NO2/c1-11(2)17(6-7-18-10-17)16(19)15-13(4)8-12(3)9-14(15)20-5/h8-9,11,18H,6-7,10H2,1-5H3. The molecule has 2 rings (SSSR count). The molecule has 20 heavy (non-hydrogen) atoms. The molecular weight excluding hydrogens is 250 g/mol. The fourth-order valence-electron chi connectivity index (χ4n) is 3.29. The second-order valence-electron chi connectivity index (χ2n) is 6.23. The van der Waals surface area contributed by atoms with Gasteiger partial charge in [0.15, 0.2) is 5.78 Å². The summed E-state index contributed by atoms with van der Waals surface area (Å²) in [5, 5.41) is 3.35. The fraction of sp³-hybridized carbons (Fsp3) is 0.588. The fourth-order valence-corrected chi connectivity index (χ4v) is 3.29. The second-order valence-corrected chi connectivity index (χ2v) is 6.23. The lowest BCUT2D eigenvalue weighted by Gasteiger charge is -2.32. The molecule has 1 unspecified atom stereocenters. The monoisotopic (exact) mass is 275 g/mol. The van der Waals surface area contributed by atoms with Gasteiger partial charge in [-0.3, -0.25) is 4.79 Å². The van der Waals surface area contributed by atoms with Crippen LogP contribution < -0.4 is 10.1 Å². The van der Waals surface area contributed by atoms with E-state index >= 15 is 0 Å². The van der Waals surface area contributed by atoms with E-state index in [4.69, 9.17) is 4.74 Å². The molecule has 0 aromatic heterocycles. The number of rotatable bonds is 4. The Morgan fingerprint density at radius 3 is 2.55 bits per heavy atom. The highest BCUT2D eigenvalue weighted by atomic mass is 16.5. The Bertz CT molecular complexity index is 514. The molecule has 0 saturated carbocycles. The summed E-state index contributed by atoms with van der Waals surface area (Å²) in [6.45, 7) is 9.98. The van der Waals surface area contributed by atoms with Gasteiger partial charge in [-0.05, 0) is 49.9 Å². The van der Waals surface area contributed by atoms with E-state index in [0.29, 0.717) is 11.7 Å². The van der Waals surface area contributed by atoms with Gasteiger partial charge in [0.25, 0.3) is 0 Å². The molecule has 1 aliphatic heterocycles. The number of hydrogen-bond donors (Lipinski definition) is 1. The molecule has 3 heteroatoms. The Morgan fingerprint density at radius 1 is 1.35 bits per heavy atom. The molecule has 1 N–H and O–H groups in total. The number of carbonyl (C=O) groups excluding carboxylic acids is 1. The van der Waals surface area contributed by atoms with Crippen LogP contribution >= 0.6 is 0 Å². The molecule has 1 aromatic carbocycles. The topological polar surface area (TPSA) is 38.3 Å². The molecule has 0 radical (unpaired) electrons. The van der Waals surface area contributed by atoms with E-state index in [0.717, 1.165) is 36.2 Å². The molecule has 1 aromatic rings. The highest BCUT2D eigenvalue weighted by Crippen LogP contribution is 2.40. The molecule has 0 bridgehead atoms. The second kappa shape index (κ2) is 5.57. The molecule has 1 heterocycles. The maximum atomic E-state index is 13.2. The van der Waals surface area contributed by atoms with Crippen molar-refractivity contribution >= 4 is 5.78 Å². The van der Waals surface area contributed by atoms with Gasteiger partial charge >= 0.3 is 0 Å². The van der Waals surface area contributed by atoms with Crippen LogP contribution in [0.2, 0.25) is 0 Å². The molecule has 0 amide bonds. The first-order valence-corrected chi connectivity index (χ1v) is 7.33. The molecule has 1 aliphatic rings. The summed E-state index contributed by atoms with van der Waals surface area (Å²) in [7, 11) is 1.64. The first kappa shape index (κ1) is 15.0. The van der Waals surface area contributed by atoms with Crippen LogP contribution in [0, 0.1) is 25.2 Å². The Hall–Kier alpha value is -1.35. The molecule has 1 atom stereocenters. The number of nitrogens with one attached hydrogen (secondary N) is 1. The average molecular weight is 275 g/mol. The number of ether oxygens (including phenoxy) is 1. The van der Waals surface area contributed by atoms with E-state index in [1.54, 1.807) is 7.11 Å². The van der Waals surface area contributed by atoms with E-state index in [9.17, 15) is 4.79 Å². The van der Waals surface area contributed by atoms with Gasteiger partial charge in [0.2, 0.25) is 0 Å². The number of Topliss-reactive ketones (excluding diaryl/α,β-unsaturated/α-hetero) is 1. The van der Waals surface area contributed by atoms with Crippen LogP contribution in [-0.4, -0.2) is 26.0 Å². The maximum Gasteiger partial charge on any atom is 0.174 e. The lowest BCUT2D eigenvalue weighted by Crippen LogP contribution is -2.39. The van der Waals surface area contributed by atoms with Crippen molar-refractivity contribution in [3.63, 3.8) is 0 Å². The van der Waals surface area contributed by atoms with Gasteiger partial charge < -0.3 is 10.1 Å². The largest absolute Gasteiger partial charge is 0.496 e. The molecule has 0 spiro atoms. The number of ketones is 1. The lowest BCUT2D eigenvalue weighted by molar-refractivity contribution is 0.0736. The van der Waals surface area contributed by atoms with Crippen LogP contribution in [0.3, 0.4) is 0 Å². The third-order valence-corrected chi connectivity index (χ3v) is 4.64. The van der Waals surface area contributed by atoms with Gasteiger partial charge in [-0.15, -0.1) is 0 Å². The first-order valence-electron chi connectivity index (χ1n) is 7.33. The summed E-state index contributed by atoms with van der Waals surface area (Å²) < 4.78 is 5.47. The van der Waals surface area contributed by atoms with Crippen LogP contribution in [0.4, 0.5) is 0 Å². The minimum Gasteiger partial charge on any atom is -0.496 e. The highest BCUT2D eigenvalue weighted by molar-refractivity contribution is 6.04. The molecule has 1 saturated heterocycles. The van der Waals surface area contributed by atoms with Crippen molar-refractivity contribution in [2.45, 2.75) is 34.1 Å². The van der Waals surface area contributed by atoms with Crippen molar-refractivity contribution in [3.8, 4) is 5.75 Å². The van der Waals surface area contributed by atoms with Crippen molar-refractivity contribution in [2.24, 2.45) is 11.3 Å². The number of benzene rings is 1. The normalized spacial score (nSPS) is 22.3. The quantitative estimate of drug-likeness (QED) is 0.858. The number of hydrogen-bond acceptors (Lipinski definition) is 3. The summed E-state index contributed by atoms with van der Waals surface area (Å²) in [5.74, 6) is 1.25. The first-order chi connectivity index (χ1) is 9.42. The van der Waals surface area contributed by atoms with Crippen LogP contribution in [0.1, 0.15) is 41.8 Å². The molecular formula is C17H25NO2. The van der Waals surface area contributed by atoms with Crippen molar-refractivity contribution in [1.82, 2.24) is 5.32 Å². The minimum absolute atomic E-state index is 0.229.